The number of amides is 1. The lowest BCUT2D eigenvalue weighted by molar-refractivity contribution is -0.125. The number of ether oxygens (including phenoxy) is 3. The highest BCUT2D eigenvalue weighted by Gasteiger charge is 2.17. The third-order valence-electron chi connectivity index (χ3n) is 2.38. The summed E-state index contributed by atoms with van der Waals surface area (Å²) in [5, 5.41) is 0. The number of carbonyl (C=O) groups is 2. The summed E-state index contributed by atoms with van der Waals surface area (Å²) in [6.07, 6.45) is -0.981. The van der Waals surface area contributed by atoms with Crippen LogP contribution < -0.4 is 15.2 Å². The van der Waals surface area contributed by atoms with E-state index >= 15 is 0 Å². The molecule has 0 unspecified atom stereocenters. The van der Waals surface area contributed by atoms with Gasteiger partial charge in [0.2, 0.25) is 0 Å². The van der Waals surface area contributed by atoms with Crippen LogP contribution in [0.25, 0.3) is 0 Å². The Balaban J connectivity index is 2.91. The maximum atomic E-state index is 11.8. The molecule has 1 rings (SSSR count). The molecule has 6 heteroatoms. The van der Waals surface area contributed by atoms with Crippen molar-refractivity contribution in [2.45, 2.75) is 20.0 Å². The maximum Gasteiger partial charge on any atom is 0.339 e. The van der Waals surface area contributed by atoms with Crippen LogP contribution in [0.15, 0.2) is 18.2 Å². The topological polar surface area (TPSA) is 87.9 Å². The van der Waals surface area contributed by atoms with Crippen LogP contribution in [0.4, 0.5) is 0 Å². The van der Waals surface area contributed by atoms with Crippen LogP contribution in [0.5, 0.6) is 11.5 Å². The van der Waals surface area contributed by atoms with E-state index in [0.29, 0.717) is 18.1 Å². The molecule has 0 aliphatic heterocycles. The third kappa shape index (κ3) is 3.87. The third-order valence-corrected chi connectivity index (χ3v) is 2.38. The molecule has 2 N–H and O–H groups in total. The Morgan fingerprint density at radius 2 is 2.00 bits per heavy atom. The van der Waals surface area contributed by atoms with Crippen LogP contribution in [0.3, 0.4) is 0 Å². The van der Waals surface area contributed by atoms with E-state index in [1.54, 1.807) is 6.07 Å². The molecule has 0 bridgehead atoms. The molecule has 0 aliphatic rings. The molecule has 0 heterocycles. The van der Waals surface area contributed by atoms with E-state index in [0.717, 1.165) is 0 Å². The first kappa shape index (κ1) is 14.8. The molecule has 0 saturated heterocycles. The molecule has 0 radical (unpaired) electrons. The summed E-state index contributed by atoms with van der Waals surface area (Å²) < 4.78 is 15.3. The second-order valence-corrected chi connectivity index (χ2v) is 3.75. The lowest BCUT2D eigenvalue weighted by atomic mass is 10.2. The molecule has 1 aromatic carbocycles. The Labute approximate surface area is 111 Å². The zero-order valence-corrected chi connectivity index (χ0v) is 11.1. The monoisotopic (exact) mass is 267 g/mol. The van der Waals surface area contributed by atoms with Gasteiger partial charge in [-0.15, -0.1) is 0 Å². The molecule has 1 amide bonds. The van der Waals surface area contributed by atoms with Gasteiger partial charge in [0.1, 0.15) is 0 Å². The summed E-state index contributed by atoms with van der Waals surface area (Å²) in [7, 11) is 1.50. The van der Waals surface area contributed by atoms with Crippen LogP contribution >= 0.6 is 0 Å². The average molecular weight is 267 g/mol. The van der Waals surface area contributed by atoms with Crippen molar-refractivity contribution in [2.24, 2.45) is 5.73 Å². The normalized spacial score (nSPS) is 11.5. The fourth-order valence-electron chi connectivity index (χ4n) is 1.36. The van der Waals surface area contributed by atoms with E-state index in [9.17, 15) is 9.59 Å². The molecular formula is C13H17NO5. The second kappa shape index (κ2) is 6.63. The Morgan fingerprint density at radius 3 is 2.53 bits per heavy atom. The number of hydrogen-bond donors (Lipinski definition) is 1. The predicted molar refractivity (Wildman–Crippen MR) is 68.2 cm³/mol. The first-order valence-electron chi connectivity index (χ1n) is 5.80. The minimum absolute atomic E-state index is 0.261. The van der Waals surface area contributed by atoms with Crippen LogP contribution in [0.2, 0.25) is 0 Å². The lowest BCUT2D eigenvalue weighted by Crippen LogP contribution is -2.30. The van der Waals surface area contributed by atoms with Gasteiger partial charge in [-0.2, -0.15) is 0 Å². The van der Waals surface area contributed by atoms with Crippen molar-refractivity contribution in [2.75, 3.05) is 13.7 Å². The number of hydrogen-bond acceptors (Lipinski definition) is 5. The first-order valence-corrected chi connectivity index (χ1v) is 5.80. The Kier molecular flexibility index (Phi) is 5.17. The highest BCUT2D eigenvalue weighted by Crippen LogP contribution is 2.28. The van der Waals surface area contributed by atoms with Crippen molar-refractivity contribution in [3.05, 3.63) is 23.8 Å². The van der Waals surface area contributed by atoms with Crippen LogP contribution in [-0.2, 0) is 9.53 Å². The molecule has 0 aromatic heterocycles. The van der Waals surface area contributed by atoms with Gasteiger partial charge in [0.15, 0.2) is 17.6 Å². The molecular weight excluding hydrogens is 250 g/mol. The van der Waals surface area contributed by atoms with Crippen LogP contribution in [0.1, 0.15) is 24.2 Å². The quantitative estimate of drug-likeness (QED) is 0.780. The fourth-order valence-corrected chi connectivity index (χ4v) is 1.36. The van der Waals surface area contributed by atoms with Crippen molar-refractivity contribution < 1.29 is 23.8 Å². The van der Waals surface area contributed by atoms with Gasteiger partial charge < -0.3 is 19.9 Å². The van der Waals surface area contributed by atoms with E-state index in [4.69, 9.17) is 19.9 Å². The standard InChI is InChI=1S/C13H17NO5/c1-4-18-11-7-9(5-6-10(11)17-3)13(16)19-8(2)12(14)15/h5-8H,4H2,1-3H3,(H2,14,15)/t8-/m0/s1. The van der Waals surface area contributed by atoms with Crippen LogP contribution in [-0.4, -0.2) is 31.7 Å². The zero-order chi connectivity index (χ0) is 14.4. The van der Waals surface area contributed by atoms with Crippen molar-refractivity contribution in [3.8, 4) is 11.5 Å². The molecule has 0 spiro atoms. The van der Waals surface area contributed by atoms with Gasteiger partial charge in [-0.3, -0.25) is 4.79 Å². The summed E-state index contributed by atoms with van der Waals surface area (Å²) in [6, 6.07) is 4.62. The SMILES string of the molecule is CCOc1cc(C(=O)O[C@@H](C)C(N)=O)ccc1OC. The fraction of sp³-hybridized carbons (Fsp3) is 0.385. The molecule has 6 nitrogen and oxygen atoms in total. The molecule has 1 atom stereocenters. The first-order chi connectivity index (χ1) is 8.99. The number of nitrogens with two attached hydrogens (primary N) is 1. The number of esters is 1. The Morgan fingerprint density at radius 1 is 1.32 bits per heavy atom. The van der Waals surface area contributed by atoms with Gasteiger partial charge in [0, 0.05) is 0 Å². The number of primary amides is 1. The summed E-state index contributed by atoms with van der Waals surface area (Å²) in [6.45, 7) is 3.67. The number of carbonyl (C=O) groups excluding carboxylic acids is 2. The highest BCUT2D eigenvalue weighted by molar-refractivity contribution is 5.92. The number of rotatable bonds is 6. The Bertz CT molecular complexity index is 472. The summed E-state index contributed by atoms with van der Waals surface area (Å²) in [5.41, 5.74) is 5.29. The van der Waals surface area contributed by atoms with Crippen molar-refractivity contribution in [3.63, 3.8) is 0 Å². The average Bonchev–Trinajstić information content (AvgIpc) is 2.38. The van der Waals surface area contributed by atoms with Crippen molar-refractivity contribution in [1.29, 1.82) is 0 Å². The summed E-state index contributed by atoms with van der Waals surface area (Å²) in [4.78, 5) is 22.6. The molecule has 104 valence electrons. The van der Waals surface area contributed by atoms with Gasteiger partial charge in [0.25, 0.3) is 5.91 Å². The number of methoxy groups -OCH3 is 1. The Hall–Kier alpha value is -2.24. The van der Waals surface area contributed by atoms with Gasteiger partial charge >= 0.3 is 5.97 Å². The van der Waals surface area contributed by atoms with Gasteiger partial charge in [-0.05, 0) is 32.0 Å². The van der Waals surface area contributed by atoms with Gasteiger partial charge in [-0.1, -0.05) is 0 Å². The number of benzene rings is 1. The van der Waals surface area contributed by atoms with E-state index in [-0.39, 0.29) is 5.56 Å². The molecule has 0 saturated carbocycles. The van der Waals surface area contributed by atoms with E-state index in [1.165, 1.54) is 26.2 Å². The molecule has 0 aliphatic carbocycles. The van der Waals surface area contributed by atoms with Gasteiger partial charge in [-0.25, -0.2) is 4.79 Å². The molecule has 1 aromatic rings. The maximum absolute atomic E-state index is 11.8. The van der Waals surface area contributed by atoms with Crippen molar-refractivity contribution in [1.82, 2.24) is 0 Å². The van der Waals surface area contributed by atoms with E-state index < -0.39 is 18.0 Å². The molecule has 19 heavy (non-hydrogen) atoms. The highest BCUT2D eigenvalue weighted by atomic mass is 16.5. The minimum Gasteiger partial charge on any atom is -0.493 e. The van der Waals surface area contributed by atoms with Crippen molar-refractivity contribution >= 4 is 11.9 Å². The summed E-state index contributed by atoms with van der Waals surface area (Å²) >= 11 is 0. The lowest BCUT2D eigenvalue weighted by Gasteiger charge is -2.12. The summed E-state index contributed by atoms with van der Waals surface area (Å²) in [5.74, 6) is -0.394. The zero-order valence-electron chi connectivity index (χ0n) is 11.1. The second-order valence-electron chi connectivity index (χ2n) is 3.75. The predicted octanol–water partition coefficient (Wildman–Crippen LogP) is 1.12. The molecule has 0 fully saturated rings. The van der Waals surface area contributed by atoms with Crippen LogP contribution in [0, 0.1) is 0 Å². The minimum atomic E-state index is -0.981. The van der Waals surface area contributed by atoms with Gasteiger partial charge in [0.05, 0.1) is 19.3 Å². The smallest absolute Gasteiger partial charge is 0.339 e. The van der Waals surface area contributed by atoms with E-state index in [2.05, 4.69) is 0 Å². The largest absolute Gasteiger partial charge is 0.493 e. The van der Waals surface area contributed by atoms with E-state index in [1.807, 2.05) is 6.92 Å².